The van der Waals surface area contributed by atoms with Gasteiger partial charge in [0.15, 0.2) is 0 Å². The molecule has 1 aliphatic heterocycles. The molecule has 0 aromatic rings. The molecule has 1 aliphatic rings. The normalized spacial score (nSPS) is 25.6. The molecule has 0 saturated heterocycles. The second kappa shape index (κ2) is 2.51. The predicted octanol–water partition coefficient (Wildman–Crippen LogP) is 2.27. The summed E-state index contributed by atoms with van der Waals surface area (Å²) in [4.78, 5) is 4.30. The van der Waals surface area contributed by atoms with E-state index >= 15 is 0 Å². The summed E-state index contributed by atoms with van der Waals surface area (Å²) in [5.74, 6) is 0. The van der Waals surface area contributed by atoms with E-state index in [0.29, 0.717) is 5.41 Å². The number of hydrogen-bond acceptors (Lipinski definition) is 1. The second-order valence-electron chi connectivity index (χ2n) is 3.58. The number of hydrogen-bond donors (Lipinski definition) is 0. The lowest BCUT2D eigenvalue weighted by molar-refractivity contribution is 0.348. The molecule has 0 radical (unpaired) electrons. The first-order chi connectivity index (χ1) is 4.21. The minimum atomic E-state index is 0.465. The summed E-state index contributed by atoms with van der Waals surface area (Å²) < 4.78 is 0. The lowest BCUT2D eigenvalue weighted by atomic mass is 9.88. The van der Waals surface area contributed by atoms with Gasteiger partial charge in [0.25, 0.3) is 0 Å². The van der Waals surface area contributed by atoms with E-state index in [1.165, 1.54) is 19.3 Å². The van der Waals surface area contributed by atoms with Crippen molar-refractivity contribution in [1.29, 1.82) is 0 Å². The summed E-state index contributed by atoms with van der Waals surface area (Å²) >= 11 is 0. The van der Waals surface area contributed by atoms with E-state index in [0.717, 1.165) is 6.54 Å². The van der Waals surface area contributed by atoms with Gasteiger partial charge in [0.2, 0.25) is 0 Å². The molecule has 0 N–H and O–H groups in total. The van der Waals surface area contributed by atoms with Crippen molar-refractivity contribution in [3.05, 3.63) is 0 Å². The fraction of sp³-hybridized carbons (Fsp3) is 0.875. The van der Waals surface area contributed by atoms with Gasteiger partial charge in [-0.25, -0.2) is 0 Å². The van der Waals surface area contributed by atoms with Gasteiger partial charge in [0, 0.05) is 6.54 Å². The highest BCUT2D eigenvalue weighted by molar-refractivity contribution is 5.57. The Balaban J connectivity index is 2.48. The molecule has 9 heavy (non-hydrogen) atoms. The lowest BCUT2D eigenvalue weighted by Crippen LogP contribution is -2.13. The Bertz CT molecular complexity index is 114. The highest BCUT2D eigenvalue weighted by Crippen LogP contribution is 2.24. The quantitative estimate of drug-likeness (QED) is 0.471. The van der Waals surface area contributed by atoms with Crippen molar-refractivity contribution >= 4 is 6.21 Å². The topological polar surface area (TPSA) is 12.4 Å². The van der Waals surface area contributed by atoms with Crippen molar-refractivity contribution in [2.24, 2.45) is 10.4 Å². The number of nitrogens with zero attached hydrogens (tertiary/aromatic N) is 1. The van der Waals surface area contributed by atoms with Gasteiger partial charge < -0.3 is 0 Å². The maximum absolute atomic E-state index is 4.30. The standard InChI is InChI=1S/C8H15N/c1-8(2)5-3-4-6-9-7-8/h6H,3-5,7H2,1-2H3. The van der Waals surface area contributed by atoms with Crippen molar-refractivity contribution in [3.8, 4) is 0 Å². The Morgan fingerprint density at radius 3 is 3.00 bits per heavy atom. The zero-order chi connectivity index (χ0) is 6.74. The van der Waals surface area contributed by atoms with E-state index in [1.807, 2.05) is 0 Å². The van der Waals surface area contributed by atoms with Crippen molar-refractivity contribution < 1.29 is 0 Å². The van der Waals surface area contributed by atoms with Crippen LogP contribution in [0.4, 0.5) is 0 Å². The van der Waals surface area contributed by atoms with Crippen LogP contribution in [-0.4, -0.2) is 12.8 Å². The largest absolute Gasteiger partial charge is 0.297 e. The minimum Gasteiger partial charge on any atom is -0.297 e. The van der Waals surface area contributed by atoms with Gasteiger partial charge in [0.05, 0.1) is 0 Å². The van der Waals surface area contributed by atoms with Crippen molar-refractivity contribution in [1.82, 2.24) is 0 Å². The monoisotopic (exact) mass is 125 g/mol. The van der Waals surface area contributed by atoms with Gasteiger partial charge in [-0.3, -0.25) is 4.99 Å². The van der Waals surface area contributed by atoms with Crippen LogP contribution in [-0.2, 0) is 0 Å². The van der Waals surface area contributed by atoms with Crippen LogP contribution in [0.3, 0.4) is 0 Å². The van der Waals surface area contributed by atoms with E-state index in [4.69, 9.17) is 0 Å². The molecule has 0 aliphatic carbocycles. The molecular weight excluding hydrogens is 110 g/mol. The Hall–Kier alpha value is -0.330. The number of rotatable bonds is 0. The third-order valence-electron chi connectivity index (χ3n) is 1.84. The van der Waals surface area contributed by atoms with E-state index in [1.54, 1.807) is 0 Å². The summed E-state index contributed by atoms with van der Waals surface area (Å²) in [6.07, 6.45) is 5.89. The number of aliphatic imine (C=N–C) groups is 1. The summed E-state index contributed by atoms with van der Waals surface area (Å²) in [6.45, 7) is 5.60. The van der Waals surface area contributed by atoms with Gasteiger partial charge in [-0.2, -0.15) is 0 Å². The molecule has 1 rings (SSSR count). The van der Waals surface area contributed by atoms with Crippen LogP contribution in [0.5, 0.6) is 0 Å². The Labute approximate surface area is 57.2 Å². The van der Waals surface area contributed by atoms with Crippen LogP contribution >= 0.6 is 0 Å². The average Bonchev–Trinajstić information content (AvgIpc) is 1.92. The summed E-state index contributed by atoms with van der Waals surface area (Å²) in [6, 6.07) is 0. The smallest absolute Gasteiger partial charge is 0.0436 e. The first-order valence-electron chi connectivity index (χ1n) is 3.69. The van der Waals surface area contributed by atoms with Gasteiger partial charge in [0.1, 0.15) is 0 Å². The Kier molecular flexibility index (Phi) is 1.89. The van der Waals surface area contributed by atoms with Crippen LogP contribution in [0, 0.1) is 5.41 Å². The molecule has 0 fully saturated rings. The molecule has 0 bridgehead atoms. The highest BCUT2D eigenvalue weighted by atomic mass is 14.7. The Morgan fingerprint density at radius 1 is 1.44 bits per heavy atom. The van der Waals surface area contributed by atoms with E-state index in [9.17, 15) is 0 Å². The van der Waals surface area contributed by atoms with Crippen molar-refractivity contribution in [2.75, 3.05) is 6.54 Å². The van der Waals surface area contributed by atoms with Gasteiger partial charge in [-0.15, -0.1) is 0 Å². The van der Waals surface area contributed by atoms with Gasteiger partial charge in [-0.05, 0) is 30.9 Å². The fourth-order valence-electron chi connectivity index (χ4n) is 1.15. The average molecular weight is 125 g/mol. The maximum atomic E-state index is 4.30. The van der Waals surface area contributed by atoms with Gasteiger partial charge >= 0.3 is 0 Å². The SMILES string of the molecule is CC1(C)CCCC=NC1. The maximum Gasteiger partial charge on any atom is 0.0436 e. The van der Waals surface area contributed by atoms with Crippen LogP contribution in [0.1, 0.15) is 33.1 Å². The Morgan fingerprint density at radius 2 is 2.22 bits per heavy atom. The highest BCUT2D eigenvalue weighted by Gasteiger charge is 2.17. The first-order valence-corrected chi connectivity index (χ1v) is 3.69. The molecule has 0 aromatic carbocycles. The predicted molar refractivity (Wildman–Crippen MR) is 41.0 cm³/mol. The van der Waals surface area contributed by atoms with E-state index in [2.05, 4.69) is 25.1 Å². The summed E-state index contributed by atoms with van der Waals surface area (Å²) in [7, 11) is 0. The third-order valence-corrected chi connectivity index (χ3v) is 1.84. The van der Waals surface area contributed by atoms with E-state index in [-0.39, 0.29) is 0 Å². The van der Waals surface area contributed by atoms with Crippen LogP contribution in [0.2, 0.25) is 0 Å². The molecule has 0 unspecified atom stereocenters. The lowest BCUT2D eigenvalue weighted by Gasteiger charge is -2.19. The molecule has 1 heterocycles. The molecular formula is C8H15N. The first kappa shape index (κ1) is 6.79. The van der Waals surface area contributed by atoms with E-state index < -0.39 is 0 Å². The van der Waals surface area contributed by atoms with Crippen LogP contribution < -0.4 is 0 Å². The molecule has 0 atom stereocenters. The zero-order valence-corrected chi connectivity index (χ0v) is 6.35. The summed E-state index contributed by atoms with van der Waals surface area (Å²) in [5, 5.41) is 0. The zero-order valence-electron chi connectivity index (χ0n) is 6.35. The molecule has 0 saturated carbocycles. The van der Waals surface area contributed by atoms with Gasteiger partial charge in [-0.1, -0.05) is 13.8 Å². The minimum absolute atomic E-state index is 0.465. The molecule has 52 valence electrons. The molecule has 0 aromatic heterocycles. The van der Waals surface area contributed by atoms with Crippen molar-refractivity contribution in [2.45, 2.75) is 33.1 Å². The van der Waals surface area contributed by atoms with Crippen LogP contribution in [0.15, 0.2) is 4.99 Å². The molecule has 0 amide bonds. The summed E-state index contributed by atoms with van der Waals surface area (Å²) in [5.41, 5.74) is 0.465. The third kappa shape index (κ3) is 2.17. The van der Waals surface area contributed by atoms with Crippen molar-refractivity contribution in [3.63, 3.8) is 0 Å². The molecule has 1 nitrogen and oxygen atoms in total. The fourth-order valence-corrected chi connectivity index (χ4v) is 1.15. The molecule has 1 heteroatoms. The van der Waals surface area contributed by atoms with Crippen LogP contribution in [0.25, 0.3) is 0 Å². The molecule has 0 spiro atoms. The second-order valence-corrected chi connectivity index (χ2v) is 3.58.